The summed E-state index contributed by atoms with van der Waals surface area (Å²) in [6.45, 7) is 0. The van der Waals surface area contributed by atoms with E-state index in [1.807, 2.05) is 18.2 Å². The summed E-state index contributed by atoms with van der Waals surface area (Å²) in [6, 6.07) is 15.3. The summed E-state index contributed by atoms with van der Waals surface area (Å²) in [5.41, 5.74) is 3.85. The Labute approximate surface area is 225 Å². The second-order valence-corrected chi connectivity index (χ2v) is 11.1. The number of aromatic nitrogens is 2. The van der Waals surface area contributed by atoms with Crippen molar-refractivity contribution >= 4 is 86.4 Å². The number of Topliss-reactive ketones (excluding diaryl/α,β-unsaturated/α-hetero) is 1. The Morgan fingerprint density at radius 3 is 2.46 bits per heavy atom. The van der Waals surface area contributed by atoms with Gasteiger partial charge in [0.1, 0.15) is 4.33 Å². The third kappa shape index (κ3) is 4.89. The van der Waals surface area contributed by atoms with E-state index in [1.54, 1.807) is 42.7 Å². The molecule has 0 saturated heterocycles. The van der Waals surface area contributed by atoms with Crippen molar-refractivity contribution in [3.05, 3.63) is 92.7 Å². The number of nitrogens with zero attached hydrogens (tertiary/aromatic N) is 1. The molecule has 5 rings (SSSR count). The zero-order valence-electron chi connectivity index (χ0n) is 17.8. The topological polar surface area (TPSA) is 74.8 Å². The first-order valence-electron chi connectivity index (χ1n) is 10.5. The number of aromatic amines is 1. The number of fused-ring (bicyclic) bond motifs is 1. The van der Waals surface area contributed by atoms with E-state index in [-0.39, 0.29) is 23.1 Å². The Morgan fingerprint density at radius 2 is 1.71 bits per heavy atom. The summed E-state index contributed by atoms with van der Waals surface area (Å²) >= 11 is 31.4. The summed E-state index contributed by atoms with van der Waals surface area (Å²) in [5.74, 6) is -1.78. The first-order chi connectivity index (χ1) is 16.6. The van der Waals surface area contributed by atoms with Crippen molar-refractivity contribution in [2.45, 2.75) is 16.7 Å². The highest BCUT2D eigenvalue weighted by molar-refractivity contribution is 6.53. The molecule has 1 aliphatic carbocycles. The van der Waals surface area contributed by atoms with Gasteiger partial charge in [-0.2, -0.15) is 0 Å². The van der Waals surface area contributed by atoms with Crippen LogP contribution in [0.2, 0.25) is 15.1 Å². The van der Waals surface area contributed by atoms with Crippen LogP contribution in [0.25, 0.3) is 11.0 Å². The normalized spacial score (nSPS) is 18.4. The molecular weight excluding hydrogens is 552 g/mol. The van der Waals surface area contributed by atoms with Gasteiger partial charge in [-0.25, -0.2) is 4.98 Å². The van der Waals surface area contributed by atoms with Crippen LogP contribution in [-0.2, 0) is 11.2 Å². The third-order valence-corrected chi connectivity index (χ3v) is 7.67. The van der Waals surface area contributed by atoms with Crippen molar-refractivity contribution in [2.75, 3.05) is 5.32 Å². The summed E-state index contributed by atoms with van der Waals surface area (Å²) in [7, 11) is 0. The van der Waals surface area contributed by atoms with Crippen LogP contribution in [-0.4, -0.2) is 26.0 Å². The highest BCUT2D eigenvalue weighted by Crippen LogP contribution is 2.65. The number of H-pyrrole nitrogens is 1. The second kappa shape index (κ2) is 9.30. The molecule has 0 aliphatic heterocycles. The van der Waals surface area contributed by atoms with Gasteiger partial charge in [0.2, 0.25) is 5.91 Å². The van der Waals surface area contributed by atoms with Gasteiger partial charge in [-0.3, -0.25) is 9.59 Å². The zero-order valence-corrected chi connectivity index (χ0v) is 21.6. The molecule has 3 aromatic carbocycles. The van der Waals surface area contributed by atoms with Gasteiger partial charge >= 0.3 is 0 Å². The number of carbonyl (C=O) groups is 2. The zero-order chi connectivity index (χ0) is 24.9. The molecule has 178 valence electrons. The third-order valence-electron chi connectivity index (χ3n) is 5.96. The Balaban J connectivity index is 1.33. The number of benzene rings is 3. The molecule has 2 N–H and O–H groups in total. The number of ketones is 1. The maximum absolute atomic E-state index is 13.0. The first-order valence-corrected chi connectivity index (χ1v) is 12.4. The predicted octanol–water partition coefficient (Wildman–Crippen LogP) is 7.47. The molecule has 10 heteroatoms. The molecule has 1 aliphatic rings. The Kier molecular flexibility index (Phi) is 6.49. The summed E-state index contributed by atoms with van der Waals surface area (Å²) < 4.78 is -1.31. The predicted molar refractivity (Wildman–Crippen MR) is 141 cm³/mol. The van der Waals surface area contributed by atoms with Crippen LogP contribution in [0.3, 0.4) is 0 Å². The van der Waals surface area contributed by atoms with Gasteiger partial charge < -0.3 is 10.3 Å². The maximum Gasteiger partial charge on any atom is 0.231 e. The van der Waals surface area contributed by atoms with Crippen molar-refractivity contribution in [1.82, 2.24) is 9.97 Å². The molecule has 2 atom stereocenters. The van der Waals surface area contributed by atoms with Crippen LogP contribution in [0, 0.1) is 5.92 Å². The van der Waals surface area contributed by atoms with Crippen LogP contribution < -0.4 is 5.32 Å². The van der Waals surface area contributed by atoms with Crippen molar-refractivity contribution < 1.29 is 9.59 Å². The van der Waals surface area contributed by atoms with Gasteiger partial charge in [-0.1, -0.05) is 40.9 Å². The Hall–Kier alpha value is -2.28. The van der Waals surface area contributed by atoms with Crippen molar-refractivity contribution in [3.63, 3.8) is 0 Å². The fourth-order valence-corrected chi connectivity index (χ4v) is 5.83. The lowest BCUT2D eigenvalue weighted by Gasteiger charge is -2.09. The monoisotopic (exact) mass is 565 g/mol. The average molecular weight is 568 g/mol. The van der Waals surface area contributed by atoms with E-state index in [4.69, 9.17) is 58.0 Å². The minimum absolute atomic E-state index is 0.138. The SMILES string of the molecule is O=C(Cc1ccc2nc[nH]c2c1)c1cc(NC(=O)C2C(c3cc(Cl)cc(Cl)c3)C2(Cl)Cl)ccc1Cl. The Bertz CT molecular complexity index is 1460. The molecule has 0 radical (unpaired) electrons. The lowest BCUT2D eigenvalue weighted by molar-refractivity contribution is -0.117. The average Bonchev–Trinajstić information content (AvgIpc) is 3.11. The van der Waals surface area contributed by atoms with Gasteiger partial charge in [-0.15, -0.1) is 23.2 Å². The van der Waals surface area contributed by atoms with E-state index in [0.717, 1.165) is 16.6 Å². The van der Waals surface area contributed by atoms with Crippen LogP contribution in [0.1, 0.15) is 27.4 Å². The number of halogens is 5. The van der Waals surface area contributed by atoms with Gasteiger partial charge in [0.25, 0.3) is 0 Å². The van der Waals surface area contributed by atoms with E-state index in [0.29, 0.717) is 26.9 Å². The number of carbonyl (C=O) groups excluding carboxylic acids is 2. The highest BCUT2D eigenvalue weighted by Gasteiger charge is 2.67. The van der Waals surface area contributed by atoms with Gasteiger partial charge in [0, 0.05) is 33.6 Å². The number of anilines is 1. The summed E-state index contributed by atoms with van der Waals surface area (Å²) in [5, 5.41) is 3.94. The molecule has 1 saturated carbocycles. The molecule has 2 unspecified atom stereocenters. The molecule has 0 bridgehead atoms. The molecule has 1 aromatic heterocycles. The van der Waals surface area contributed by atoms with Gasteiger partial charge in [0.05, 0.1) is 28.3 Å². The quantitative estimate of drug-likeness (QED) is 0.187. The molecule has 1 fully saturated rings. The van der Waals surface area contributed by atoms with E-state index in [9.17, 15) is 9.59 Å². The second-order valence-electron chi connectivity index (χ2n) is 8.37. The minimum atomic E-state index is -1.31. The smallest absolute Gasteiger partial charge is 0.231 e. The number of hydrogen-bond donors (Lipinski definition) is 2. The minimum Gasteiger partial charge on any atom is -0.345 e. The number of alkyl halides is 2. The molecule has 5 nitrogen and oxygen atoms in total. The van der Waals surface area contributed by atoms with E-state index >= 15 is 0 Å². The largest absolute Gasteiger partial charge is 0.345 e. The number of hydrogen-bond acceptors (Lipinski definition) is 3. The molecule has 4 aromatic rings. The van der Waals surface area contributed by atoms with Crippen molar-refractivity contribution in [1.29, 1.82) is 0 Å². The lowest BCUT2D eigenvalue weighted by Crippen LogP contribution is -2.17. The van der Waals surface area contributed by atoms with Crippen LogP contribution in [0.5, 0.6) is 0 Å². The Morgan fingerprint density at radius 1 is 0.971 bits per heavy atom. The molecule has 0 spiro atoms. The van der Waals surface area contributed by atoms with Crippen LogP contribution >= 0.6 is 58.0 Å². The van der Waals surface area contributed by atoms with Gasteiger partial charge in [-0.05, 0) is 59.7 Å². The fourth-order valence-electron chi connectivity index (χ4n) is 4.23. The van der Waals surface area contributed by atoms with Crippen molar-refractivity contribution in [2.24, 2.45) is 5.92 Å². The molecule has 1 amide bonds. The van der Waals surface area contributed by atoms with Crippen LogP contribution in [0.4, 0.5) is 5.69 Å². The summed E-state index contributed by atoms with van der Waals surface area (Å²) in [6.07, 6.45) is 1.74. The lowest BCUT2D eigenvalue weighted by atomic mass is 10.0. The van der Waals surface area contributed by atoms with E-state index < -0.39 is 16.2 Å². The maximum atomic E-state index is 13.0. The molecule has 35 heavy (non-hydrogen) atoms. The molecule has 1 heterocycles. The van der Waals surface area contributed by atoms with Gasteiger partial charge in [0.15, 0.2) is 5.78 Å². The van der Waals surface area contributed by atoms with Crippen molar-refractivity contribution in [3.8, 4) is 0 Å². The van der Waals surface area contributed by atoms with E-state index in [1.165, 1.54) is 0 Å². The molecular formula is C25H16Cl5N3O2. The fraction of sp³-hybridized carbons (Fsp3) is 0.160. The first kappa shape index (κ1) is 24.4. The summed E-state index contributed by atoms with van der Waals surface area (Å²) in [4.78, 5) is 33.2. The number of imidazole rings is 1. The highest BCUT2D eigenvalue weighted by atomic mass is 35.5. The standard InChI is InChI=1S/C25H16Cl5N3O2/c26-14-7-13(8-15(27)9-14)22-23(25(22,29)30)24(35)33-16-2-3-18(28)17(10-16)21(34)6-12-1-4-19-20(5-12)32-11-31-19/h1-5,7-11,22-23H,6H2,(H,31,32)(H,33,35). The van der Waals surface area contributed by atoms with E-state index in [2.05, 4.69) is 15.3 Å². The number of rotatable bonds is 6. The number of amides is 1. The van der Waals surface area contributed by atoms with Crippen LogP contribution in [0.15, 0.2) is 60.9 Å². The number of nitrogens with one attached hydrogen (secondary N) is 2.